The highest BCUT2D eigenvalue weighted by atomic mass is 31.2. The van der Waals surface area contributed by atoms with E-state index in [9.17, 15) is 9.46 Å². The molecule has 0 saturated carbocycles. The first-order valence-corrected chi connectivity index (χ1v) is 5.71. The van der Waals surface area contributed by atoms with Crippen LogP contribution in [0.4, 0.5) is 0 Å². The van der Waals surface area contributed by atoms with Gasteiger partial charge in [0.05, 0.1) is 12.3 Å². The van der Waals surface area contributed by atoms with Crippen molar-refractivity contribution in [2.75, 3.05) is 6.16 Å². The summed E-state index contributed by atoms with van der Waals surface area (Å²) in [6, 6.07) is 0. The van der Waals surface area contributed by atoms with E-state index in [4.69, 9.17) is 10.9 Å². The molecule has 0 aliphatic carbocycles. The highest BCUT2D eigenvalue weighted by Crippen LogP contribution is 2.43. The summed E-state index contributed by atoms with van der Waals surface area (Å²) in [6.45, 7) is 3.66. The predicted octanol–water partition coefficient (Wildman–Crippen LogP) is 2.01. The maximum Gasteiger partial charge on any atom is 0.329 e. The van der Waals surface area contributed by atoms with Crippen molar-refractivity contribution in [3.63, 3.8) is 0 Å². The van der Waals surface area contributed by atoms with E-state index in [1.54, 1.807) is 6.92 Å². The molecule has 0 rings (SSSR count). The lowest BCUT2D eigenvalue weighted by atomic mass is 10.3. The van der Waals surface area contributed by atoms with Gasteiger partial charge in [0.1, 0.15) is 0 Å². The summed E-state index contributed by atoms with van der Waals surface area (Å²) in [5.74, 6) is 2.30. The van der Waals surface area contributed by atoms with Gasteiger partial charge in [0.15, 0.2) is 0 Å². The Balaban J connectivity index is 3.88. The van der Waals surface area contributed by atoms with E-state index in [0.717, 1.165) is 6.42 Å². The van der Waals surface area contributed by atoms with Crippen LogP contribution in [0, 0.1) is 12.3 Å². The Bertz CT molecular complexity index is 207. The van der Waals surface area contributed by atoms with Gasteiger partial charge in [-0.15, -0.1) is 12.3 Å². The molecule has 0 aromatic rings. The fourth-order valence-corrected chi connectivity index (χ4v) is 1.84. The van der Waals surface area contributed by atoms with Gasteiger partial charge in [-0.2, -0.15) is 0 Å². The van der Waals surface area contributed by atoms with Gasteiger partial charge in [-0.25, -0.2) is 0 Å². The molecule has 2 atom stereocenters. The number of rotatable bonds is 5. The maximum absolute atomic E-state index is 11.2. The summed E-state index contributed by atoms with van der Waals surface area (Å²) in [4.78, 5) is 9.18. The summed E-state index contributed by atoms with van der Waals surface area (Å²) in [7, 11) is -3.42. The Labute approximate surface area is 73.7 Å². The normalized spacial score (nSPS) is 17.8. The quantitative estimate of drug-likeness (QED) is 0.532. The van der Waals surface area contributed by atoms with Crippen LogP contribution in [0.3, 0.4) is 0 Å². The average molecular weight is 190 g/mol. The minimum Gasteiger partial charge on any atom is -0.324 e. The van der Waals surface area contributed by atoms with E-state index in [2.05, 4.69) is 5.92 Å². The molecule has 2 unspecified atom stereocenters. The third kappa shape index (κ3) is 5.37. The van der Waals surface area contributed by atoms with E-state index in [-0.39, 0.29) is 18.7 Å². The molecule has 0 fully saturated rings. The summed E-state index contributed by atoms with van der Waals surface area (Å²) in [5.41, 5.74) is 0. The third-order valence-electron chi connectivity index (χ3n) is 1.46. The molecule has 0 aliphatic rings. The molecule has 0 spiro atoms. The molecule has 0 aliphatic heterocycles. The molecule has 3 nitrogen and oxygen atoms in total. The molecule has 0 bridgehead atoms. The zero-order chi connectivity index (χ0) is 9.61. The first-order valence-electron chi connectivity index (χ1n) is 3.95. The lowest BCUT2D eigenvalue weighted by Crippen LogP contribution is -2.05. The molecule has 0 aromatic carbocycles. The van der Waals surface area contributed by atoms with Crippen LogP contribution >= 0.6 is 7.60 Å². The molecule has 0 heterocycles. The molecule has 12 heavy (non-hydrogen) atoms. The van der Waals surface area contributed by atoms with Gasteiger partial charge in [0.25, 0.3) is 0 Å². The van der Waals surface area contributed by atoms with Crippen molar-refractivity contribution in [3.8, 4) is 12.3 Å². The van der Waals surface area contributed by atoms with Crippen molar-refractivity contribution in [2.24, 2.45) is 0 Å². The number of terminal acetylenes is 1. The van der Waals surface area contributed by atoms with Crippen LogP contribution < -0.4 is 0 Å². The van der Waals surface area contributed by atoms with Gasteiger partial charge in [-0.1, -0.05) is 6.92 Å². The van der Waals surface area contributed by atoms with E-state index < -0.39 is 7.60 Å². The topological polar surface area (TPSA) is 46.5 Å². The Hall–Kier alpha value is -0.290. The van der Waals surface area contributed by atoms with Crippen LogP contribution in [-0.2, 0) is 9.09 Å². The molecular weight excluding hydrogens is 175 g/mol. The first-order chi connectivity index (χ1) is 5.52. The molecule has 70 valence electrons. The standard InChI is InChI=1S/C8H15O3P/c1-4-6-7-12(9,10)11-8(3)5-2/h1,8H,5-7H2,2-3H3,(H,9,10). The van der Waals surface area contributed by atoms with E-state index in [0.29, 0.717) is 0 Å². The second-order valence-corrected chi connectivity index (χ2v) is 4.57. The maximum atomic E-state index is 11.2. The lowest BCUT2D eigenvalue weighted by molar-refractivity contribution is 0.186. The van der Waals surface area contributed by atoms with Gasteiger partial charge in [-0.05, 0) is 13.3 Å². The van der Waals surface area contributed by atoms with Crippen molar-refractivity contribution in [2.45, 2.75) is 32.8 Å². The van der Waals surface area contributed by atoms with Crippen LogP contribution in [0.2, 0.25) is 0 Å². The molecule has 0 radical (unpaired) electrons. The monoisotopic (exact) mass is 190 g/mol. The summed E-state index contributed by atoms with van der Waals surface area (Å²) in [5, 5.41) is 0. The van der Waals surface area contributed by atoms with Gasteiger partial charge in [-0.3, -0.25) is 4.57 Å². The molecule has 0 amide bonds. The number of hydrogen-bond acceptors (Lipinski definition) is 2. The molecule has 0 saturated heterocycles. The van der Waals surface area contributed by atoms with E-state index >= 15 is 0 Å². The van der Waals surface area contributed by atoms with Crippen LogP contribution in [0.25, 0.3) is 0 Å². The molecule has 1 N–H and O–H groups in total. The second-order valence-electron chi connectivity index (χ2n) is 2.64. The Kier molecular flexibility index (Phi) is 5.24. The van der Waals surface area contributed by atoms with Crippen molar-refractivity contribution in [3.05, 3.63) is 0 Å². The fraction of sp³-hybridized carbons (Fsp3) is 0.750. The molecule has 4 heteroatoms. The van der Waals surface area contributed by atoms with Crippen LogP contribution in [0.1, 0.15) is 26.7 Å². The van der Waals surface area contributed by atoms with Crippen molar-refractivity contribution >= 4 is 7.60 Å². The number of hydrogen-bond donors (Lipinski definition) is 1. The zero-order valence-electron chi connectivity index (χ0n) is 7.49. The van der Waals surface area contributed by atoms with Gasteiger partial charge in [0, 0.05) is 6.42 Å². The minimum absolute atomic E-state index is 0.0494. The van der Waals surface area contributed by atoms with Crippen LogP contribution in [0.5, 0.6) is 0 Å². The Morgan fingerprint density at radius 2 is 2.33 bits per heavy atom. The van der Waals surface area contributed by atoms with Crippen molar-refractivity contribution in [1.82, 2.24) is 0 Å². The molecular formula is C8H15O3P. The van der Waals surface area contributed by atoms with Crippen LogP contribution in [0.15, 0.2) is 0 Å². The first kappa shape index (κ1) is 11.7. The predicted molar refractivity (Wildman–Crippen MR) is 49.0 cm³/mol. The highest BCUT2D eigenvalue weighted by molar-refractivity contribution is 7.52. The van der Waals surface area contributed by atoms with Crippen molar-refractivity contribution in [1.29, 1.82) is 0 Å². The highest BCUT2D eigenvalue weighted by Gasteiger charge is 2.20. The Morgan fingerprint density at radius 3 is 2.75 bits per heavy atom. The van der Waals surface area contributed by atoms with Crippen molar-refractivity contribution < 1.29 is 14.0 Å². The fourth-order valence-electron chi connectivity index (χ4n) is 0.614. The van der Waals surface area contributed by atoms with Crippen LogP contribution in [-0.4, -0.2) is 17.2 Å². The Morgan fingerprint density at radius 1 is 1.75 bits per heavy atom. The minimum atomic E-state index is -3.42. The smallest absolute Gasteiger partial charge is 0.324 e. The van der Waals surface area contributed by atoms with E-state index in [1.165, 1.54) is 0 Å². The molecule has 0 aromatic heterocycles. The zero-order valence-corrected chi connectivity index (χ0v) is 8.38. The van der Waals surface area contributed by atoms with Gasteiger partial charge >= 0.3 is 7.60 Å². The second kappa shape index (κ2) is 5.37. The summed E-state index contributed by atoms with van der Waals surface area (Å²) >= 11 is 0. The van der Waals surface area contributed by atoms with Gasteiger partial charge in [0.2, 0.25) is 0 Å². The average Bonchev–Trinajstić information content (AvgIpc) is 2.00. The third-order valence-corrected chi connectivity index (χ3v) is 2.94. The summed E-state index contributed by atoms with van der Waals surface area (Å²) < 4.78 is 16.1. The van der Waals surface area contributed by atoms with Gasteiger partial charge < -0.3 is 9.42 Å². The summed E-state index contributed by atoms with van der Waals surface area (Å²) in [6.07, 6.45) is 5.83. The lowest BCUT2D eigenvalue weighted by Gasteiger charge is -2.15. The largest absolute Gasteiger partial charge is 0.329 e. The van der Waals surface area contributed by atoms with E-state index in [1.807, 2.05) is 6.92 Å². The SMILES string of the molecule is C#CCCP(=O)(O)OC(C)CC.